The van der Waals surface area contributed by atoms with Gasteiger partial charge in [-0.05, 0) is 11.5 Å². The molecule has 0 unspecified atom stereocenters. The molecule has 3 N–H and O–H groups in total. The summed E-state index contributed by atoms with van der Waals surface area (Å²) in [5.74, 6) is -0.0242. The van der Waals surface area contributed by atoms with Gasteiger partial charge in [0.15, 0.2) is 0 Å². The lowest BCUT2D eigenvalue weighted by Gasteiger charge is -2.31. The van der Waals surface area contributed by atoms with E-state index < -0.39 is 12.1 Å². The van der Waals surface area contributed by atoms with Crippen molar-refractivity contribution in [2.75, 3.05) is 7.11 Å². The molecule has 18 heavy (non-hydrogen) atoms. The second-order valence-corrected chi connectivity index (χ2v) is 5.22. The number of benzene rings is 1. The van der Waals surface area contributed by atoms with Gasteiger partial charge in [0.2, 0.25) is 0 Å². The van der Waals surface area contributed by atoms with Crippen LogP contribution in [0.15, 0.2) is 18.2 Å². The first-order chi connectivity index (χ1) is 7.77. The van der Waals surface area contributed by atoms with Crippen LogP contribution in [-0.2, 0) is 0 Å². The third kappa shape index (κ3) is 3.83. The molecular weight excluding hydrogens is 257 g/mol. The number of halogens is 2. The van der Waals surface area contributed by atoms with Crippen molar-refractivity contribution in [3.05, 3.63) is 29.6 Å². The van der Waals surface area contributed by atoms with Gasteiger partial charge in [-0.25, -0.2) is 4.39 Å². The zero-order chi connectivity index (χ0) is 13.2. The van der Waals surface area contributed by atoms with E-state index in [2.05, 4.69) is 0 Å². The van der Waals surface area contributed by atoms with Crippen molar-refractivity contribution in [3.8, 4) is 5.75 Å². The summed E-state index contributed by atoms with van der Waals surface area (Å²) < 4.78 is 18.1. The fraction of sp³-hybridized carbons (Fsp3) is 0.538. The summed E-state index contributed by atoms with van der Waals surface area (Å²) in [6.07, 6.45) is -0.734. The zero-order valence-corrected chi connectivity index (χ0v) is 11.9. The maximum atomic E-state index is 13.0. The van der Waals surface area contributed by atoms with Crippen molar-refractivity contribution < 1.29 is 14.2 Å². The predicted octanol–water partition coefficient (Wildman–Crippen LogP) is 2.66. The Hall–Kier alpha value is -0.840. The first-order valence-corrected chi connectivity index (χ1v) is 5.54. The molecule has 0 amide bonds. The summed E-state index contributed by atoms with van der Waals surface area (Å²) in [5.41, 5.74) is 6.26. The monoisotopic (exact) mass is 277 g/mol. The molecule has 0 bridgehead atoms. The smallest absolute Gasteiger partial charge is 0.126 e. The molecule has 104 valence electrons. The maximum Gasteiger partial charge on any atom is 0.126 e. The molecule has 0 aliphatic rings. The standard InChI is InChI=1S/C13H20FNO2.ClH/c1-13(2,3)12(16)11(15)9-6-5-8(14)7-10(9)17-4;/h5-7,11-12,16H,15H2,1-4H3;1H/t11-,12-;/m1./s1. The van der Waals surface area contributed by atoms with E-state index in [9.17, 15) is 9.50 Å². The highest BCUT2D eigenvalue weighted by Gasteiger charge is 2.30. The summed E-state index contributed by atoms with van der Waals surface area (Å²) in [7, 11) is 1.45. The molecule has 0 saturated heterocycles. The minimum atomic E-state index is -0.734. The highest BCUT2D eigenvalue weighted by Crippen LogP contribution is 2.33. The molecule has 0 heterocycles. The van der Waals surface area contributed by atoms with Gasteiger partial charge in [0.05, 0.1) is 19.3 Å². The van der Waals surface area contributed by atoms with E-state index in [1.54, 1.807) is 6.07 Å². The molecule has 0 aliphatic carbocycles. The molecule has 5 heteroatoms. The lowest BCUT2D eigenvalue weighted by Crippen LogP contribution is -2.37. The van der Waals surface area contributed by atoms with Crippen LogP contribution in [-0.4, -0.2) is 18.3 Å². The summed E-state index contributed by atoms with van der Waals surface area (Å²) in [5, 5.41) is 10.1. The van der Waals surface area contributed by atoms with Gasteiger partial charge in [-0.2, -0.15) is 0 Å². The Morgan fingerprint density at radius 3 is 2.33 bits per heavy atom. The number of aliphatic hydroxyl groups excluding tert-OH is 1. The third-order valence-corrected chi connectivity index (χ3v) is 2.78. The number of methoxy groups -OCH3 is 1. The normalized spacial score (nSPS) is 14.6. The fourth-order valence-electron chi connectivity index (χ4n) is 1.67. The second-order valence-electron chi connectivity index (χ2n) is 5.22. The number of rotatable bonds is 3. The van der Waals surface area contributed by atoms with E-state index in [1.165, 1.54) is 19.2 Å². The molecule has 1 aromatic rings. The van der Waals surface area contributed by atoms with Gasteiger partial charge in [0.1, 0.15) is 11.6 Å². The van der Waals surface area contributed by atoms with E-state index in [1.807, 2.05) is 20.8 Å². The van der Waals surface area contributed by atoms with Crippen molar-refractivity contribution in [2.24, 2.45) is 11.1 Å². The van der Waals surface area contributed by atoms with Crippen LogP contribution in [0.5, 0.6) is 5.75 Å². The molecule has 0 saturated carbocycles. The molecule has 1 aromatic carbocycles. The molecule has 0 spiro atoms. The molecule has 3 nitrogen and oxygen atoms in total. The van der Waals surface area contributed by atoms with Gasteiger partial charge < -0.3 is 15.6 Å². The molecular formula is C13H21ClFNO2. The van der Waals surface area contributed by atoms with Crippen LogP contribution < -0.4 is 10.5 Å². The van der Waals surface area contributed by atoms with Crippen molar-refractivity contribution >= 4 is 12.4 Å². The van der Waals surface area contributed by atoms with Crippen LogP contribution in [0.4, 0.5) is 4.39 Å². The molecule has 1 rings (SSSR count). The number of hydrogen-bond donors (Lipinski definition) is 2. The topological polar surface area (TPSA) is 55.5 Å². The van der Waals surface area contributed by atoms with Crippen molar-refractivity contribution in [3.63, 3.8) is 0 Å². The highest BCUT2D eigenvalue weighted by atomic mass is 35.5. The van der Waals surface area contributed by atoms with Gasteiger partial charge in [0.25, 0.3) is 0 Å². The van der Waals surface area contributed by atoms with E-state index in [0.717, 1.165) is 0 Å². The molecule has 0 radical (unpaired) electrons. The number of ether oxygens (including phenoxy) is 1. The third-order valence-electron chi connectivity index (χ3n) is 2.78. The van der Waals surface area contributed by atoms with Crippen LogP contribution in [0.1, 0.15) is 32.4 Å². The van der Waals surface area contributed by atoms with Crippen molar-refractivity contribution in [1.29, 1.82) is 0 Å². The summed E-state index contributed by atoms with van der Waals surface area (Å²) in [4.78, 5) is 0. The molecule has 0 aromatic heterocycles. The van der Waals surface area contributed by atoms with Gasteiger partial charge >= 0.3 is 0 Å². The number of hydrogen-bond acceptors (Lipinski definition) is 3. The zero-order valence-electron chi connectivity index (χ0n) is 11.1. The average molecular weight is 278 g/mol. The van der Waals surface area contributed by atoms with Crippen LogP contribution in [0.3, 0.4) is 0 Å². The number of aliphatic hydroxyl groups is 1. The summed E-state index contributed by atoms with van der Waals surface area (Å²) in [6, 6.07) is 3.52. The Balaban J connectivity index is 0.00000289. The van der Waals surface area contributed by atoms with E-state index in [-0.39, 0.29) is 23.6 Å². The minimum absolute atomic E-state index is 0. The van der Waals surface area contributed by atoms with Gasteiger partial charge in [-0.15, -0.1) is 12.4 Å². The van der Waals surface area contributed by atoms with Crippen molar-refractivity contribution in [1.82, 2.24) is 0 Å². The maximum absolute atomic E-state index is 13.0. The van der Waals surface area contributed by atoms with Crippen molar-refractivity contribution in [2.45, 2.75) is 32.9 Å². The SMILES string of the molecule is COc1cc(F)ccc1[C@@H](N)[C@@H](O)C(C)(C)C.Cl. The van der Waals surface area contributed by atoms with E-state index in [0.29, 0.717) is 11.3 Å². The second kappa shape index (κ2) is 6.36. The minimum Gasteiger partial charge on any atom is -0.496 e. The Bertz CT molecular complexity index is 393. The number of nitrogens with two attached hydrogens (primary N) is 1. The highest BCUT2D eigenvalue weighted by molar-refractivity contribution is 5.85. The predicted molar refractivity (Wildman–Crippen MR) is 72.6 cm³/mol. The Morgan fingerprint density at radius 2 is 1.89 bits per heavy atom. The molecule has 0 aliphatic heterocycles. The van der Waals surface area contributed by atoms with Gasteiger partial charge in [0, 0.05) is 11.6 Å². The Morgan fingerprint density at radius 1 is 1.33 bits per heavy atom. The van der Waals surface area contributed by atoms with E-state index >= 15 is 0 Å². The van der Waals surface area contributed by atoms with Gasteiger partial charge in [-0.3, -0.25) is 0 Å². The molecule has 2 atom stereocenters. The Kier molecular flexibility index (Phi) is 6.07. The quantitative estimate of drug-likeness (QED) is 0.893. The van der Waals surface area contributed by atoms with Gasteiger partial charge in [-0.1, -0.05) is 26.8 Å². The lowest BCUT2D eigenvalue weighted by atomic mass is 9.82. The molecule has 0 fully saturated rings. The van der Waals surface area contributed by atoms with Crippen LogP contribution in [0.25, 0.3) is 0 Å². The lowest BCUT2D eigenvalue weighted by molar-refractivity contribution is 0.0394. The largest absolute Gasteiger partial charge is 0.496 e. The summed E-state index contributed by atoms with van der Waals surface area (Å²) >= 11 is 0. The first-order valence-electron chi connectivity index (χ1n) is 5.54. The average Bonchev–Trinajstić information content (AvgIpc) is 2.25. The summed E-state index contributed by atoms with van der Waals surface area (Å²) in [6.45, 7) is 5.69. The van der Waals surface area contributed by atoms with Crippen LogP contribution >= 0.6 is 12.4 Å². The van der Waals surface area contributed by atoms with Crippen LogP contribution in [0, 0.1) is 11.2 Å². The first kappa shape index (κ1) is 17.2. The van der Waals surface area contributed by atoms with E-state index in [4.69, 9.17) is 10.5 Å². The fourth-order valence-corrected chi connectivity index (χ4v) is 1.67. The Labute approximate surface area is 114 Å². The van der Waals surface area contributed by atoms with Crippen LogP contribution in [0.2, 0.25) is 0 Å².